The average molecular weight is 354 g/mol. The van der Waals surface area contributed by atoms with E-state index in [1.165, 1.54) is 22.3 Å². The molecule has 2 aromatic carbocycles. The van der Waals surface area contributed by atoms with E-state index in [0.717, 1.165) is 6.54 Å². The normalized spacial score (nSPS) is 12.7. The Morgan fingerprint density at radius 2 is 1.69 bits per heavy atom. The van der Waals surface area contributed by atoms with Gasteiger partial charge in [0, 0.05) is 25.6 Å². The standard InChI is InChI=1S/C21H26N2O3/c1-2-23(13-14-24)12-11-22-21(25)26-15-20-18-9-5-3-7-16(18)17-8-4-6-10-19(17)20/h3-10,20,24H,2,11-15H2,1H3,(H,22,25). The lowest BCUT2D eigenvalue weighted by Crippen LogP contribution is -2.36. The van der Waals surface area contributed by atoms with Crippen molar-refractivity contribution in [2.45, 2.75) is 12.8 Å². The zero-order valence-corrected chi connectivity index (χ0v) is 15.1. The Bertz CT molecular complexity index is 702. The van der Waals surface area contributed by atoms with Gasteiger partial charge in [-0.05, 0) is 28.8 Å². The molecule has 0 aliphatic heterocycles. The van der Waals surface area contributed by atoms with Gasteiger partial charge in [-0.1, -0.05) is 55.5 Å². The van der Waals surface area contributed by atoms with Gasteiger partial charge >= 0.3 is 6.09 Å². The number of aliphatic hydroxyl groups is 1. The number of ether oxygens (including phenoxy) is 1. The number of carbonyl (C=O) groups is 1. The second kappa shape index (κ2) is 8.83. The molecular weight excluding hydrogens is 328 g/mol. The highest BCUT2D eigenvalue weighted by atomic mass is 16.5. The fourth-order valence-electron chi connectivity index (χ4n) is 3.53. The van der Waals surface area contributed by atoms with Crippen LogP contribution in [0.3, 0.4) is 0 Å². The lowest BCUT2D eigenvalue weighted by Gasteiger charge is -2.19. The molecule has 5 heteroatoms. The highest BCUT2D eigenvalue weighted by Crippen LogP contribution is 2.44. The van der Waals surface area contributed by atoms with Crippen molar-refractivity contribution in [2.75, 3.05) is 39.4 Å². The number of hydrogen-bond donors (Lipinski definition) is 2. The zero-order valence-electron chi connectivity index (χ0n) is 15.1. The molecule has 1 aliphatic rings. The van der Waals surface area contributed by atoms with Crippen molar-refractivity contribution in [2.24, 2.45) is 0 Å². The van der Waals surface area contributed by atoms with Gasteiger partial charge in [0.1, 0.15) is 6.61 Å². The van der Waals surface area contributed by atoms with Crippen LogP contribution in [0.5, 0.6) is 0 Å². The van der Waals surface area contributed by atoms with Crippen LogP contribution in [0.15, 0.2) is 48.5 Å². The molecule has 3 rings (SSSR count). The minimum Gasteiger partial charge on any atom is -0.449 e. The first-order valence-electron chi connectivity index (χ1n) is 9.16. The molecule has 0 heterocycles. The quantitative estimate of drug-likeness (QED) is 0.765. The Morgan fingerprint density at radius 3 is 2.27 bits per heavy atom. The summed E-state index contributed by atoms with van der Waals surface area (Å²) in [5.74, 6) is 0.0784. The van der Waals surface area contributed by atoms with E-state index in [1.54, 1.807) is 0 Å². The average Bonchev–Trinajstić information content (AvgIpc) is 2.99. The second-order valence-corrected chi connectivity index (χ2v) is 6.41. The molecule has 0 bridgehead atoms. The number of amides is 1. The fourth-order valence-corrected chi connectivity index (χ4v) is 3.53. The van der Waals surface area contributed by atoms with E-state index in [4.69, 9.17) is 9.84 Å². The molecule has 0 atom stereocenters. The van der Waals surface area contributed by atoms with E-state index >= 15 is 0 Å². The van der Waals surface area contributed by atoms with Gasteiger partial charge in [0.2, 0.25) is 0 Å². The van der Waals surface area contributed by atoms with Crippen molar-refractivity contribution in [3.63, 3.8) is 0 Å². The molecule has 0 saturated heterocycles. The van der Waals surface area contributed by atoms with Crippen LogP contribution in [0, 0.1) is 0 Å². The van der Waals surface area contributed by atoms with Gasteiger partial charge in [-0.25, -0.2) is 4.79 Å². The van der Waals surface area contributed by atoms with Gasteiger partial charge in [0.15, 0.2) is 0 Å². The molecule has 1 aliphatic carbocycles. The molecule has 1 amide bonds. The SMILES string of the molecule is CCN(CCO)CCNC(=O)OCC1c2ccccc2-c2ccccc21. The smallest absolute Gasteiger partial charge is 0.407 e. The maximum atomic E-state index is 12.1. The monoisotopic (exact) mass is 354 g/mol. The Hall–Kier alpha value is -2.37. The number of likely N-dealkylation sites (N-methyl/N-ethyl adjacent to an activating group) is 1. The first kappa shape index (κ1) is 18.4. The van der Waals surface area contributed by atoms with Crippen molar-refractivity contribution in [1.29, 1.82) is 0 Å². The third-order valence-corrected chi connectivity index (χ3v) is 4.90. The Kier molecular flexibility index (Phi) is 6.26. The molecule has 2 aromatic rings. The topological polar surface area (TPSA) is 61.8 Å². The van der Waals surface area contributed by atoms with Gasteiger partial charge in [0.05, 0.1) is 6.61 Å². The van der Waals surface area contributed by atoms with Crippen molar-refractivity contribution in [3.8, 4) is 11.1 Å². The van der Waals surface area contributed by atoms with Crippen LogP contribution in [0.2, 0.25) is 0 Å². The summed E-state index contributed by atoms with van der Waals surface area (Å²) >= 11 is 0. The summed E-state index contributed by atoms with van der Waals surface area (Å²) in [6.07, 6.45) is -0.396. The largest absolute Gasteiger partial charge is 0.449 e. The maximum Gasteiger partial charge on any atom is 0.407 e. The van der Waals surface area contributed by atoms with E-state index < -0.39 is 6.09 Å². The number of nitrogens with zero attached hydrogens (tertiary/aromatic N) is 1. The minimum absolute atomic E-state index is 0.0784. The zero-order chi connectivity index (χ0) is 18.4. The molecule has 5 nitrogen and oxygen atoms in total. The fraction of sp³-hybridized carbons (Fsp3) is 0.381. The van der Waals surface area contributed by atoms with Crippen LogP contribution >= 0.6 is 0 Å². The van der Waals surface area contributed by atoms with Crippen molar-refractivity contribution in [3.05, 3.63) is 59.7 Å². The highest BCUT2D eigenvalue weighted by Gasteiger charge is 2.28. The number of rotatable bonds is 8. The molecule has 26 heavy (non-hydrogen) atoms. The number of hydrogen-bond acceptors (Lipinski definition) is 4. The van der Waals surface area contributed by atoms with Crippen LogP contribution in [0.1, 0.15) is 24.0 Å². The van der Waals surface area contributed by atoms with Crippen LogP contribution in [-0.2, 0) is 4.74 Å². The first-order chi connectivity index (χ1) is 12.7. The van der Waals surface area contributed by atoms with Crippen LogP contribution < -0.4 is 5.32 Å². The van der Waals surface area contributed by atoms with Crippen molar-refractivity contribution < 1.29 is 14.6 Å². The van der Waals surface area contributed by atoms with Crippen LogP contribution in [0.25, 0.3) is 11.1 Å². The summed E-state index contributed by atoms with van der Waals surface area (Å²) in [5.41, 5.74) is 4.86. The molecule has 0 aromatic heterocycles. The third-order valence-electron chi connectivity index (χ3n) is 4.90. The predicted molar refractivity (Wildman–Crippen MR) is 102 cm³/mol. The van der Waals surface area contributed by atoms with Crippen molar-refractivity contribution >= 4 is 6.09 Å². The summed E-state index contributed by atoms with van der Waals surface area (Å²) in [7, 11) is 0. The van der Waals surface area contributed by atoms with Crippen LogP contribution in [0.4, 0.5) is 4.79 Å². The number of benzene rings is 2. The van der Waals surface area contributed by atoms with E-state index in [2.05, 4.69) is 34.5 Å². The summed E-state index contributed by atoms with van der Waals surface area (Å²) in [6.45, 7) is 5.14. The Balaban J connectivity index is 1.56. The molecule has 2 N–H and O–H groups in total. The molecule has 138 valence electrons. The number of carbonyl (C=O) groups excluding carboxylic acids is 1. The summed E-state index contributed by atoms with van der Waals surface area (Å²) < 4.78 is 5.50. The van der Waals surface area contributed by atoms with Gasteiger partial charge < -0.3 is 15.2 Å². The summed E-state index contributed by atoms with van der Waals surface area (Å²) in [4.78, 5) is 14.1. The predicted octanol–water partition coefficient (Wildman–Crippen LogP) is 2.84. The molecule has 0 radical (unpaired) electrons. The van der Waals surface area contributed by atoms with E-state index in [0.29, 0.717) is 26.2 Å². The van der Waals surface area contributed by atoms with E-state index in [-0.39, 0.29) is 12.5 Å². The first-order valence-corrected chi connectivity index (χ1v) is 9.16. The second-order valence-electron chi connectivity index (χ2n) is 6.41. The van der Waals surface area contributed by atoms with E-state index in [9.17, 15) is 4.79 Å². The van der Waals surface area contributed by atoms with E-state index in [1.807, 2.05) is 31.2 Å². The number of fused-ring (bicyclic) bond motifs is 3. The highest BCUT2D eigenvalue weighted by molar-refractivity contribution is 5.79. The molecule has 0 unspecified atom stereocenters. The maximum absolute atomic E-state index is 12.1. The van der Waals surface area contributed by atoms with Gasteiger partial charge in [-0.3, -0.25) is 4.90 Å². The lowest BCUT2D eigenvalue weighted by atomic mass is 9.98. The molecule has 0 saturated carbocycles. The molecular formula is C21H26N2O3. The lowest BCUT2D eigenvalue weighted by molar-refractivity contribution is 0.140. The van der Waals surface area contributed by atoms with Gasteiger partial charge in [-0.15, -0.1) is 0 Å². The van der Waals surface area contributed by atoms with Crippen molar-refractivity contribution in [1.82, 2.24) is 10.2 Å². The van der Waals surface area contributed by atoms with Crippen LogP contribution in [-0.4, -0.2) is 55.5 Å². The Morgan fingerprint density at radius 1 is 1.08 bits per heavy atom. The van der Waals surface area contributed by atoms with Gasteiger partial charge in [-0.2, -0.15) is 0 Å². The number of aliphatic hydroxyl groups excluding tert-OH is 1. The molecule has 0 spiro atoms. The van der Waals surface area contributed by atoms with Gasteiger partial charge in [0.25, 0.3) is 0 Å². The Labute approximate surface area is 154 Å². The minimum atomic E-state index is -0.396. The molecule has 0 fully saturated rings. The summed E-state index contributed by atoms with van der Waals surface area (Å²) in [5, 5.41) is 11.8. The number of nitrogens with one attached hydrogen (secondary N) is 1. The third kappa shape index (κ3) is 4.06. The number of alkyl carbamates (subject to hydrolysis) is 1. The summed E-state index contributed by atoms with van der Waals surface area (Å²) in [6, 6.07) is 16.6.